The summed E-state index contributed by atoms with van der Waals surface area (Å²) in [5.41, 5.74) is 1.33. The Morgan fingerprint density at radius 3 is 3.21 bits per heavy atom. The first-order valence-corrected chi connectivity index (χ1v) is 4.96. The normalized spacial score (nSPS) is 37.1. The number of allylic oxidation sites excluding steroid dienone is 3. The van der Waals surface area contributed by atoms with Crippen LogP contribution in [-0.4, -0.2) is 18.3 Å². The van der Waals surface area contributed by atoms with Crippen molar-refractivity contribution in [3.63, 3.8) is 0 Å². The smallest absolute Gasteiger partial charge is 0.0839 e. The lowest BCUT2D eigenvalue weighted by Crippen LogP contribution is -2.44. The highest BCUT2D eigenvalue weighted by molar-refractivity contribution is 5.73. The highest BCUT2D eigenvalue weighted by Crippen LogP contribution is 2.29. The van der Waals surface area contributed by atoms with Crippen molar-refractivity contribution >= 4 is 6.21 Å². The minimum Gasteiger partial charge on any atom is -0.382 e. The Balaban J connectivity index is 2.01. The van der Waals surface area contributed by atoms with Crippen LogP contribution in [0.15, 0.2) is 53.2 Å². The monoisotopic (exact) mass is 184 g/mol. The summed E-state index contributed by atoms with van der Waals surface area (Å²) in [6.07, 6.45) is 16.8. The molecular weight excluding hydrogens is 172 g/mol. The van der Waals surface area contributed by atoms with Gasteiger partial charge in [0.2, 0.25) is 0 Å². The molecule has 3 atom stereocenters. The molecule has 1 aliphatic carbocycles. The molecule has 0 fully saturated rings. The zero-order chi connectivity index (χ0) is 9.38. The number of rotatable bonds is 0. The summed E-state index contributed by atoms with van der Waals surface area (Å²) in [5, 5.41) is 3.37. The summed E-state index contributed by atoms with van der Waals surface area (Å²) in [4.78, 5) is 4.54. The van der Waals surface area contributed by atoms with Crippen molar-refractivity contribution in [1.82, 2.24) is 5.32 Å². The van der Waals surface area contributed by atoms with Gasteiger partial charge in [-0.1, -0.05) is 24.3 Å². The fourth-order valence-corrected chi connectivity index (χ4v) is 2.22. The zero-order valence-corrected chi connectivity index (χ0v) is 7.80. The number of nitrogens with one attached hydrogen (secondary N) is 1. The Morgan fingerprint density at radius 1 is 1.21 bits per heavy atom. The Morgan fingerprint density at radius 2 is 2.21 bits per heavy atom. The van der Waals surface area contributed by atoms with Gasteiger partial charge in [0.05, 0.1) is 12.1 Å². The summed E-state index contributed by atoms with van der Waals surface area (Å²) in [6, 6.07) is 0.692. The van der Waals surface area contributed by atoms with E-state index in [0.29, 0.717) is 18.0 Å². The molecule has 0 amide bonds. The van der Waals surface area contributed by atoms with Gasteiger partial charge in [-0.05, 0) is 23.9 Å². The second-order valence-corrected chi connectivity index (χ2v) is 3.78. The van der Waals surface area contributed by atoms with Gasteiger partial charge >= 0.3 is 0 Å². The van der Waals surface area contributed by atoms with Gasteiger partial charge in [-0.25, -0.2) is 0 Å². The van der Waals surface area contributed by atoms with E-state index >= 15 is 0 Å². The first kappa shape index (κ1) is 7.80. The number of hydrogen-bond donors (Lipinski definition) is 1. The maximum atomic E-state index is 4.54. The number of fused-ring (bicyclic) bond motifs is 3. The number of hydrogen-bond acceptors (Lipinski definition) is 2. The van der Waals surface area contributed by atoms with E-state index in [4.69, 9.17) is 0 Å². The Bertz CT molecular complexity index is 385. The van der Waals surface area contributed by atoms with E-state index in [1.807, 2.05) is 24.6 Å². The summed E-state index contributed by atoms with van der Waals surface area (Å²) in [6.45, 7) is 0. The zero-order valence-electron chi connectivity index (χ0n) is 7.80. The Labute approximate surface area is 83.4 Å². The van der Waals surface area contributed by atoms with Crippen LogP contribution in [0.3, 0.4) is 0 Å². The lowest BCUT2D eigenvalue weighted by Gasteiger charge is -2.35. The molecule has 2 heterocycles. The molecule has 70 valence electrons. The van der Waals surface area contributed by atoms with E-state index < -0.39 is 0 Å². The van der Waals surface area contributed by atoms with Crippen LogP contribution in [0.25, 0.3) is 0 Å². The van der Waals surface area contributed by atoms with Crippen LogP contribution in [0.1, 0.15) is 0 Å². The van der Waals surface area contributed by atoms with Crippen molar-refractivity contribution in [3.05, 3.63) is 48.2 Å². The fourth-order valence-electron chi connectivity index (χ4n) is 2.22. The standard InChI is InChI=1S/C12H12N2/c1-3-9-5-6-10-4-2-8-14-12(10)11(9)13-7-1/h1-9,11-12,14H. The number of aliphatic imine (C=N–C) groups is 1. The SMILES string of the molecule is C1=CNC2C(=C1)C=CC1C=CC=NC12. The molecule has 3 aliphatic rings. The molecule has 0 radical (unpaired) electrons. The molecule has 0 aromatic carbocycles. The maximum absolute atomic E-state index is 4.54. The molecule has 2 nitrogen and oxygen atoms in total. The molecule has 0 aromatic rings. The predicted molar refractivity (Wildman–Crippen MR) is 58.2 cm³/mol. The quantitative estimate of drug-likeness (QED) is 0.607. The lowest BCUT2D eigenvalue weighted by atomic mass is 9.81. The van der Waals surface area contributed by atoms with Crippen LogP contribution in [0, 0.1) is 5.92 Å². The minimum absolute atomic E-state index is 0.334. The van der Waals surface area contributed by atoms with Crippen LogP contribution in [0.4, 0.5) is 0 Å². The van der Waals surface area contributed by atoms with E-state index in [1.165, 1.54) is 5.57 Å². The molecule has 2 aliphatic heterocycles. The molecule has 14 heavy (non-hydrogen) atoms. The van der Waals surface area contributed by atoms with Gasteiger partial charge in [0, 0.05) is 12.1 Å². The van der Waals surface area contributed by atoms with Gasteiger partial charge in [0.25, 0.3) is 0 Å². The summed E-state index contributed by atoms with van der Waals surface area (Å²) < 4.78 is 0. The largest absolute Gasteiger partial charge is 0.382 e. The van der Waals surface area contributed by atoms with E-state index in [2.05, 4.69) is 34.6 Å². The van der Waals surface area contributed by atoms with Gasteiger partial charge in [0.15, 0.2) is 0 Å². The maximum Gasteiger partial charge on any atom is 0.0839 e. The number of nitrogens with zero attached hydrogens (tertiary/aromatic N) is 1. The van der Waals surface area contributed by atoms with Gasteiger partial charge in [0.1, 0.15) is 0 Å². The second-order valence-electron chi connectivity index (χ2n) is 3.78. The molecule has 0 saturated heterocycles. The van der Waals surface area contributed by atoms with Gasteiger partial charge in [-0.2, -0.15) is 0 Å². The average molecular weight is 184 g/mol. The van der Waals surface area contributed by atoms with Gasteiger partial charge < -0.3 is 5.32 Å². The van der Waals surface area contributed by atoms with Gasteiger partial charge in [-0.15, -0.1) is 0 Å². The van der Waals surface area contributed by atoms with Crippen LogP contribution in [0.5, 0.6) is 0 Å². The third kappa shape index (κ3) is 1.07. The molecular formula is C12H12N2. The fraction of sp³-hybridized carbons (Fsp3) is 0.250. The molecule has 0 saturated carbocycles. The second kappa shape index (κ2) is 2.98. The van der Waals surface area contributed by atoms with Crippen LogP contribution in [0.2, 0.25) is 0 Å². The van der Waals surface area contributed by atoms with Crippen LogP contribution >= 0.6 is 0 Å². The first-order valence-electron chi connectivity index (χ1n) is 4.96. The van der Waals surface area contributed by atoms with E-state index in [1.54, 1.807) is 0 Å². The summed E-state index contributed by atoms with van der Waals surface area (Å²) >= 11 is 0. The minimum atomic E-state index is 0.334. The topological polar surface area (TPSA) is 24.4 Å². The van der Waals surface area contributed by atoms with Crippen molar-refractivity contribution in [1.29, 1.82) is 0 Å². The van der Waals surface area contributed by atoms with Crippen LogP contribution in [-0.2, 0) is 0 Å². The molecule has 1 N–H and O–H groups in total. The molecule has 3 rings (SSSR count). The lowest BCUT2D eigenvalue weighted by molar-refractivity contribution is 0.462. The highest BCUT2D eigenvalue weighted by atomic mass is 15.0. The predicted octanol–water partition coefficient (Wildman–Crippen LogP) is 1.59. The third-order valence-corrected chi connectivity index (χ3v) is 2.94. The highest BCUT2D eigenvalue weighted by Gasteiger charge is 2.32. The number of dihydropyridines is 2. The molecule has 3 unspecified atom stereocenters. The third-order valence-electron chi connectivity index (χ3n) is 2.94. The van der Waals surface area contributed by atoms with E-state index in [0.717, 1.165) is 0 Å². The van der Waals surface area contributed by atoms with Crippen molar-refractivity contribution in [2.75, 3.05) is 0 Å². The molecule has 0 bridgehead atoms. The van der Waals surface area contributed by atoms with Crippen molar-refractivity contribution < 1.29 is 0 Å². The average Bonchev–Trinajstić information content (AvgIpc) is 2.29. The molecule has 2 heteroatoms. The van der Waals surface area contributed by atoms with Gasteiger partial charge in [-0.3, -0.25) is 4.99 Å². The van der Waals surface area contributed by atoms with Crippen molar-refractivity contribution in [3.8, 4) is 0 Å². The van der Waals surface area contributed by atoms with E-state index in [-0.39, 0.29) is 0 Å². The summed E-state index contributed by atoms with van der Waals surface area (Å²) in [5.74, 6) is 0.459. The molecule has 0 aromatic heterocycles. The van der Waals surface area contributed by atoms with Crippen LogP contribution < -0.4 is 5.32 Å². The summed E-state index contributed by atoms with van der Waals surface area (Å²) in [7, 11) is 0. The van der Waals surface area contributed by atoms with E-state index in [9.17, 15) is 0 Å². The first-order chi connectivity index (χ1) is 6.95. The molecule has 0 spiro atoms. The van der Waals surface area contributed by atoms with Crippen molar-refractivity contribution in [2.24, 2.45) is 10.9 Å². The Kier molecular flexibility index (Phi) is 1.66. The Hall–Kier alpha value is -1.57. The van der Waals surface area contributed by atoms with Crippen molar-refractivity contribution in [2.45, 2.75) is 12.1 Å².